The van der Waals surface area contributed by atoms with E-state index in [9.17, 15) is 31.2 Å². The van der Waals surface area contributed by atoms with Crippen LogP contribution in [0.5, 0.6) is 0 Å². The van der Waals surface area contributed by atoms with Crippen LogP contribution in [0.2, 0.25) is 0 Å². The summed E-state index contributed by atoms with van der Waals surface area (Å²) in [6.07, 6.45) is 0. The van der Waals surface area contributed by atoms with Gasteiger partial charge in [0.1, 0.15) is 4.90 Å². The largest absolute Gasteiger partial charge is 0.378 e. The highest BCUT2D eigenvalue weighted by atomic mass is 32.2. The van der Waals surface area contributed by atoms with Crippen LogP contribution in [-0.4, -0.2) is 117 Å². The van der Waals surface area contributed by atoms with Gasteiger partial charge in [-0.2, -0.15) is 10.2 Å². The number of fused-ring (bicyclic) bond motifs is 6. The molecule has 6 heterocycles. The van der Waals surface area contributed by atoms with Gasteiger partial charge >= 0.3 is 0 Å². The zero-order chi connectivity index (χ0) is 46.9. The van der Waals surface area contributed by atoms with Gasteiger partial charge in [-0.15, -0.1) is 0 Å². The van der Waals surface area contributed by atoms with Crippen molar-refractivity contribution in [2.45, 2.75) is 28.2 Å². The monoisotopic (exact) mass is 949 g/mol. The number of benzene rings is 5. The minimum atomic E-state index is -4.02. The summed E-state index contributed by atoms with van der Waals surface area (Å²) >= 11 is 0. The lowest BCUT2D eigenvalue weighted by Gasteiger charge is -2.27. The van der Waals surface area contributed by atoms with E-state index in [2.05, 4.69) is 5.32 Å². The Morgan fingerprint density at radius 1 is 0.515 bits per heavy atom. The van der Waals surface area contributed by atoms with Crippen molar-refractivity contribution in [3.05, 3.63) is 138 Å². The number of morpholine rings is 2. The molecule has 2 fully saturated rings. The normalized spacial score (nSPS) is 16.8. The number of nitrogens with one attached hydrogen (secondary N) is 1. The van der Waals surface area contributed by atoms with E-state index in [1.807, 2.05) is 84.9 Å². The van der Waals surface area contributed by atoms with Crippen LogP contribution in [0.15, 0.2) is 125 Å². The highest BCUT2D eigenvalue weighted by molar-refractivity contribution is 7.91. The Labute approximate surface area is 391 Å². The molecule has 0 saturated carbocycles. The van der Waals surface area contributed by atoms with Crippen molar-refractivity contribution in [2.24, 2.45) is 0 Å². The number of amides is 3. The molecule has 2 aromatic heterocycles. The molecule has 0 unspecified atom stereocenters. The molecule has 68 heavy (non-hydrogen) atoms. The lowest BCUT2D eigenvalue weighted by atomic mass is 9.96. The van der Waals surface area contributed by atoms with Crippen LogP contribution in [-0.2, 0) is 45.4 Å². The first kappa shape index (κ1) is 43.3. The average Bonchev–Trinajstić information content (AvgIpc) is 3.92. The summed E-state index contributed by atoms with van der Waals surface area (Å²) in [4.78, 5) is 43.6. The summed E-state index contributed by atoms with van der Waals surface area (Å²) in [7, 11) is -7.99. The molecular formula is C50H43N7O9S2. The van der Waals surface area contributed by atoms with E-state index >= 15 is 0 Å². The van der Waals surface area contributed by atoms with Crippen LogP contribution < -0.4 is 5.32 Å². The molecule has 4 aliphatic heterocycles. The number of hydrogen-bond donors (Lipinski definition) is 1. The number of para-hydroxylation sites is 1. The molecule has 18 heteroatoms. The Morgan fingerprint density at radius 3 is 1.49 bits per heavy atom. The summed E-state index contributed by atoms with van der Waals surface area (Å²) in [6, 6.07) is 34.7. The number of anilines is 1. The lowest BCUT2D eigenvalue weighted by Crippen LogP contribution is -2.41. The first-order valence-electron chi connectivity index (χ1n) is 22.1. The van der Waals surface area contributed by atoms with Gasteiger partial charge in [0.15, 0.2) is 31.1 Å². The van der Waals surface area contributed by atoms with Gasteiger partial charge in [-0.3, -0.25) is 14.4 Å². The molecule has 3 amide bonds. The first-order valence-corrected chi connectivity index (χ1v) is 25.4. The molecule has 0 radical (unpaired) electrons. The fraction of sp³-hybridized carbons (Fsp3) is 0.220. The topological polar surface area (TPSA) is 192 Å². The Balaban J connectivity index is 0.956. The second-order valence-electron chi connectivity index (χ2n) is 17.0. The van der Waals surface area contributed by atoms with Crippen molar-refractivity contribution in [1.29, 1.82) is 0 Å². The predicted molar refractivity (Wildman–Crippen MR) is 252 cm³/mol. The highest BCUT2D eigenvalue weighted by Crippen LogP contribution is 2.47. The van der Waals surface area contributed by atoms with Gasteiger partial charge in [0, 0.05) is 60.9 Å². The molecule has 0 bridgehead atoms. The van der Waals surface area contributed by atoms with E-state index in [1.165, 1.54) is 6.92 Å². The number of carbonyl (C=O) groups excluding carboxylic acids is 3. The summed E-state index contributed by atoms with van der Waals surface area (Å²) < 4.78 is 71.1. The van der Waals surface area contributed by atoms with Crippen LogP contribution in [0, 0.1) is 0 Å². The average molecular weight is 950 g/mol. The molecule has 1 N–H and O–H groups in total. The van der Waals surface area contributed by atoms with Crippen molar-refractivity contribution < 1.29 is 40.7 Å². The Morgan fingerprint density at radius 2 is 0.956 bits per heavy atom. The van der Waals surface area contributed by atoms with Gasteiger partial charge in [0.2, 0.25) is 5.91 Å². The number of hydrogen-bond acceptors (Lipinski definition) is 11. The molecular weight excluding hydrogens is 907 g/mol. The molecule has 11 rings (SSSR count). The van der Waals surface area contributed by atoms with Crippen LogP contribution in [0.3, 0.4) is 0 Å². The van der Waals surface area contributed by atoms with Gasteiger partial charge in [0.05, 0.1) is 71.3 Å². The van der Waals surface area contributed by atoms with E-state index in [1.54, 1.807) is 49.5 Å². The van der Waals surface area contributed by atoms with E-state index in [4.69, 9.17) is 19.7 Å². The van der Waals surface area contributed by atoms with Gasteiger partial charge in [-0.1, -0.05) is 84.9 Å². The van der Waals surface area contributed by atoms with Crippen molar-refractivity contribution in [3.63, 3.8) is 0 Å². The van der Waals surface area contributed by atoms with E-state index in [0.717, 1.165) is 11.1 Å². The molecule has 0 spiro atoms. The molecule has 5 aromatic carbocycles. The van der Waals surface area contributed by atoms with Crippen molar-refractivity contribution in [2.75, 3.05) is 57.9 Å². The molecule has 4 aliphatic rings. The van der Waals surface area contributed by atoms with Crippen LogP contribution >= 0.6 is 0 Å². The molecule has 0 aliphatic carbocycles. The number of ether oxygens (including phenoxy) is 2. The number of carbonyl (C=O) groups is 3. The fourth-order valence-electron chi connectivity index (χ4n) is 9.64. The van der Waals surface area contributed by atoms with Crippen molar-refractivity contribution >= 4 is 43.1 Å². The zero-order valence-corrected chi connectivity index (χ0v) is 38.3. The second-order valence-corrected chi connectivity index (χ2v) is 20.9. The zero-order valence-electron chi connectivity index (χ0n) is 36.7. The van der Waals surface area contributed by atoms with Gasteiger partial charge in [-0.25, -0.2) is 26.2 Å². The number of rotatable bonds is 7. The predicted octanol–water partition coefficient (Wildman–Crippen LogP) is 6.20. The summed E-state index contributed by atoms with van der Waals surface area (Å²) in [5.74, 6) is -2.03. The molecule has 2 saturated heterocycles. The molecule has 0 atom stereocenters. The quantitative estimate of drug-likeness (QED) is 0.191. The molecule has 16 nitrogen and oxygen atoms in total. The van der Waals surface area contributed by atoms with Crippen LogP contribution in [0.25, 0.3) is 56.1 Å². The van der Waals surface area contributed by atoms with Crippen molar-refractivity contribution in [3.8, 4) is 56.1 Å². The SMILES string of the molecule is CC(=O)Nc1cccc2c1S(=O)(=O)Cc1c(C(=O)N3CCOCC3)nn(-c3ccc(-c4ccc(-c5cccc6c5S(=O)(=O)Cc5c(C(=O)N7CCOCC7)nn(-c7ccccc7)c5-6)cc4)cc3)c1-2. The minimum absolute atomic E-state index is 0.0356. The van der Waals surface area contributed by atoms with Crippen molar-refractivity contribution in [1.82, 2.24) is 29.4 Å². The second kappa shape index (κ2) is 16.8. The Bertz CT molecular complexity index is 3430. The number of nitrogens with zero attached hydrogens (tertiary/aromatic N) is 6. The Kier molecular flexibility index (Phi) is 10.7. The first-order chi connectivity index (χ1) is 32.9. The Hall–Kier alpha value is -7.25. The van der Waals surface area contributed by atoms with E-state index in [0.29, 0.717) is 103 Å². The molecule has 7 aromatic rings. The number of sulfone groups is 2. The molecule has 344 valence electrons. The third-order valence-electron chi connectivity index (χ3n) is 12.8. The van der Waals surface area contributed by atoms with Gasteiger partial charge < -0.3 is 24.6 Å². The highest BCUT2D eigenvalue weighted by Gasteiger charge is 2.41. The van der Waals surface area contributed by atoms with Gasteiger partial charge in [0.25, 0.3) is 11.8 Å². The van der Waals surface area contributed by atoms with E-state index in [-0.39, 0.29) is 38.3 Å². The third-order valence-corrected chi connectivity index (χ3v) is 16.2. The summed E-state index contributed by atoms with van der Waals surface area (Å²) in [5.41, 5.74) is 6.86. The third kappa shape index (κ3) is 7.40. The standard InChI is InChI=1S/C50H43N7O9S2/c1-31(58)51-42-12-6-11-39-46-41(30-68(63,64)48(39)42)44(50(60)55-23-27-66-28-24-55)53-57(46)36-19-17-33(18-20-36)32-13-15-34(16-14-32)37-9-5-10-38-45-40(29-67(61,62)47(37)38)43(49(59)54-21-25-65-26-22-54)52-56(45)35-7-3-2-4-8-35/h2-20H,21-30H2,1H3,(H,51,58). The maximum absolute atomic E-state index is 14.5. The van der Waals surface area contributed by atoms with Gasteiger partial charge in [-0.05, 0) is 47.0 Å². The fourth-order valence-corrected chi connectivity index (χ4v) is 13.2. The smallest absolute Gasteiger partial charge is 0.274 e. The summed E-state index contributed by atoms with van der Waals surface area (Å²) in [6.45, 7) is 4.25. The minimum Gasteiger partial charge on any atom is -0.378 e. The van der Waals surface area contributed by atoms with Crippen LogP contribution in [0.1, 0.15) is 39.0 Å². The van der Waals surface area contributed by atoms with E-state index < -0.39 is 43.0 Å². The summed E-state index contributed by atoms with van der Waals surface area (Å²) in [5, 5.41) is 12.3. The lowest BCUT2D eigenvalue weighted by molar-refractivity contribution is -0.114. The maximum atomic E-state index is 14.5. The number of aromatic nitrogens is 4. The maximum Gasteiger partial charge on any atom is 0.274 e. The van der Waals surface area contributed by atoms with Crippen LogP contribution in [0.4, 0.5) is 5.69 Å².